The minimum Gasteiger partial charge on any atom is -0.503 e. The number of carbonyl (C=O) groups excluding carboxylic acids is 1. The maximum Gasteiger partial charge on any atom is 0.414 e. The monoisotopic (exact) mass is 325 g/mol. The van der Waals surface area contributed by atoms with E-state index in [4.69, 9.17) is 9.47 Å². The molecular weight excluding hydrogens is 310 g/mol. The summed E-state index contributed by atoms with van der Waals surface area (Å²) in [7, 11) is 1.52. The topological polar surface area (TPSA) is 93.6 Å². The van der Waals surface area contributed by atoms with Crippen molar-refractivity contribution in [2.75, 3.05) is 7.11 Å². The molecule has 7 nitrogen and oxygen atoms in total. The van der Waals surface area contributed by atoms with Crippen LogP contribution >= 0.6 is 0 Å². The maximum atomic E-state index is 11.9. The highest BCUT2D eigenvalue weighted by atomic mass is 16.6. The van der Waals surface area contributed by atoms with Crippen molar-refractivity contribution in [2.45, 2.75) is 6.54 Å². The Labute approximate surface area is 137 Å². The molecule has 122 valence electrons. The lowest BCUT2D eigenvalue weighted by atomic mass is 10.2. The summed E-state index contributed by atoms with van der Waals surface area (Å²) in [4.78, 5) is 11.9. The van der Waals surface area contributed by atoms with Gasteiger partial charge in [0.15, 0.2) is 5.75 Å². The second-order valence-electron chi connectivity index (χ2n) is 4.97. The lowest BCUT2D eigenvalue weighted by Gasteiger charge is -2.09. The Morgan fingerprint density at radius 3 is 2.71 bits per heavy atom. The van der Waals surface area contributed by atoms with Crippen LogP contribution in [-0.4, -0.2) is 28.5 Å². The molecule has 0 bridgehead atoms. The first-order chi connectivity index (χ1) is 11.7. The van der Waals surface area contributed by atoms with Gasteiger partial charge in [0.2, 0.25) is 0 Å². The minimum absolute atomic E-state index is 0.263. The van der Waals surface area contributed by atoms with E-state index in [0.29, 0.717) is 23.2 Å². The van der Waals surface area contributed by atoms with E-state index in [1.165, 1.54) is 7.11 Å². The average Bonchev–Trinajstić information content (AvgIpc) is 2.63. The molecule has 7 heteroatoms. The number of hydrogen-bond acceptors (Lipinski definition) is 6. The molecule has 0 aliphatic heterocycles. The fraction of sp³-hybridized carbons (Fsp3) is 0.118. The van der Waals surface area contributed by atoms with Crippen LogP contribution < -0.4 is 14.8 Å². The van der Waals surface area contributed by atoms with Crippen LogP contribution in [0.1, 0.15) is 5.56 Å². The van der Waals surface area contributed by atoms with Gasteiger partial charge in [0.1, 0.15) is 5.75 Å². The zero-order valence-corrected chi connectivity index (χ0v) is 12.9. The second kappa shape index (κ2) is 6.82. The van der Waals surface area contributed by atoms with Crippen LogP contribution in [0.25, 0.3) is 10.9 Å². The van der Waals surface area contributed by atoms with Crippen molar-refractivity contribution >= 4 is 17.0 Å². The molecule has 3 aromatic rings. The first kappa shape index (κ1) is 15.5. The van der Waals surface area contributed by atoms with E-state index in [2.05, 4.69) is 15.5 Å². The number of fused-ring (bicyclic) bond motifs is 1. The van der Waals surface area contributed by atoms with Gasteiger partial charge in [0, 0.05) is 6.54 Å². The summed E-state index contributed by atoms with van der Waals surface area (Å²) in [6.07, 6.45) is -0.731. The fourth-order valence-corrected chi connectivity index (χ4v) is 2.14. The SMILES string of the molecule is COc1ccc2nnc(OC(=O)NCc3ccccc3)c(O)c2c1. The van der Waals surface area contributed by atoms with Crippen molar-refractivity contribution in [1.82, 2.24) is 15.5 Å². The van der Waals surface area contributed by atoms with E-state index < -0.39 is 6.09 Å². The van der Waals surface area contributed by atoms with Crippen LogP contribution in [0.4, 0.5) is 4.79 Å². The lowest BCUT2D eigenvalue weighted by molar-refractivity contribution is 0.195. The normalized spacial score (nSPS) is 10.4. The number of rotatable bonds is 4. The molecule has 3 rings (SSSR count). The smallest absolute Gasteiger partial charge is 0.414 e. The van der Waals surface area contributed by atoms with Gasteiger partial charge >= 0.3 is 6.09 Å². The molecule has 0 radical (unpaired) electrons. The molecule has 0 aliphatic rings. The standard InChI is InChI=1S/C17H15N3O4/c1-23-12-7-8-14-13(9-12)15(21)16(20-19-14)24-17(22)18-10-11-5-3-2-4-6-11/h2-9H,10H2,1H3,(H,18,22)(H,19,21). The second-order valence-corrected chi connectivity index (χ2v) is 4.97. The third-order valence-corrected chi connectivity index (χ3v) is 3.38. The van der Waals surface area contributed by atoms with Crippen LogP contribution in [-0.2, 0) is 6.54 Å². The van der Waals surface area contributed by atoms with Crippen molar-refractivity contribution in [2.24, 2.45) is 0 Å². The summed E-state index contributed by atoms with van der Waals surface area (Å²) in [5.41, 5.74) is 1.39. The van der Waals surface area contributed by atoms with Crippen LogP contribution in [0, 0.1) is 0 Å². The first-order valence-corrected chi connectivity index (χ1v) is 7.20. The van der Waals surface area contributed by atoms with Gasteiger partial charge in [0.25, 0.3) is 5.88 Å². The molecule has 0 saturated heterocycles. The number of ether oxygens (including phenoxy) is 2. The molecule has 1 amide bonds. The molecule has 24 heavy (non-hydrogen) atoms. The number of nitrogens with zero attached hydrogens (tertiary/aromatic N) is 2. The number of nitrogens with one attached hydrogen (secondary N) is 1. The predicted molar refractivity (Wildman–Crippen MR) is 87.1 cm³/mol. The van der Waals surface area contributed by atoms with Crippen LogP contribution in [0.2, 0.25) is 0 Å². The highest BCUT2D eigenvalue weighted by molar-refractivity contribution is 5.88. The largest absolute Gasteiger partial charge is 0.503 e. The Morgan fingerprint density at radius 2 is 1.96 bits per heavy atom. The number of aromatic hydroxyl groups is 1. The Hall–Kier alpha value is -3.35. The molecule has 0 aliphatic carbocycles. The van der Waals surface area contributed by atoms with E-state index in [1.807, 2.05) is 30.3 Å². The van der Waals surface area contributed by atoms with E-state index in [-0.39, 0.29) is 11.6 Å². The summed E-state index contributed by atoms with van der Waals surface area (Å²) < 4.78 is 10.1. The fourth-order valence-electron chi connectivity index (χ4n) is 2.14. The summed E-state index contributed by atoms with van der Waals surface area (Å²) in [6, 6.07) is 14.3. The van der Waals surface area contributed by atoms with Gasteiger partial charge in [-0.2, -0.15) is 0 Å². The number of amides is 1. The Kier molecular flexibility index (Phi) is 4.42. The van der Waals surface area contributed by atoms with E-state index >= 15 is 0 Å². The third-order valence-electron chi connectivity index (χ3n) is 3.38. The van der Waals surface area contributed by atoms with E-state index in [1.54, 1.807) is 18.2 Å². The van der Waals surface area contributed by atoms with Crippen LogP contribution in [0.3, 0.4) is 0 Å². The van der Waals surface area contributed by atoms with Gasteiger partial charge < -0.3 is 19.9 Å². The summed E-state index contributed by atoms with van der Waals surface area (Å²) in [6.45, 7) is 0.301. The summed E-state index contributed by atoms with van der Waals surface area (Å²) in [5.74, 6) is 0.0142. The highest BCUT2D eigenvalue weighted by Gasteiger charge is 2.15. The predicted octanol–water partition coefficient (Wildman–Crippen LogP) is 2.63. The Balaban J connectivity index is 1.74. The lowest BCUT2D eigenvalue weighted by Crippen LogP contribution is -2.26. The molecule has 0 unspecified atom stereocenters. The number of hydrogen-bond donors (Lipinski definition) is 2. The number of aromatic nitrogens is 2. The van der Waals surface area contributed by atoms with Gasteiger partial charge in [-0.15, -0.1) is 10.2 Å². The molecule has 0 saturated carbocycles. The highest BCUT2D eigenvalue weighted by Crippen LogP contribution is 2.33. The number of benzene rings is 2. The number of methoxy groups -OCH3 is 1. The van der Waals surface area contributed by atoms with Crippen molar-refractivity contribution in [1.29, 1.82) is 0 Å². The summed E-state index contributed by atoms with van der Waals surface area (Å²) in [5, 5.41) is 20.9. The maximum absolute atomic E-state index is 11.9. The zero-order valence-electron chi connectivity index (χ0n) is 12.9. The van der Waals surface area contributed by atoms with Crippen LogP contribution in [0.15, 0.2) is 48.5 Å². The van der Waals surface area contributed by atoms with Crippen molar-refractivity contribution in [3.63, 3.8) is 0 Å². The summed E-state index contributed by atoms with van der Waals surface area (Å²) >= 11 is 0. The molecule has 1 heterocycles. The van der Waals surface area contributed by atoms with E-state index in [9.17, 15) is 9.90 Å². The molecule has 0 atom stereocenters. The van der Waals surface area contributed by atoms with Crippen molar-refractivity contribution in [3.05, 3.63) is 54.1 Å². The molecular formula is C17H15N3O4. The van der Waals surface area contributed by atoms with Gasteiger partial charge in [0.05, 0.1) is 18.0 Å². The Morgan fingerprint density at radius 1 is 1.17 bits per heavy atom. The van der Waals surface area contributed by atoms with Gasteiger partial charge in [-0.25, -0.2) is 4.79 Å². The number of carbonyl (C=O) groups is 1. The molecule has 0 spiro atoms. The molecule has 2 N–H and O–H groups in total. The quantitative estimate of drug-likeness (QED) is 0.766. The van der Waals surface area contributed by atoms with E-state index in [0.717, 1.165) is 5.56 Å². The van der Waals surface area contributed by atoms with Crippen LogP contribution in [0.5, 0.6) is 17.4 Å². The van der Waals surface area contributed by atoms with Gasteiger partial charge in [-0.1, -0.05) is 30.3 Å². The molecule has 2 aromatic carbocycles. The van der Waals surface area contributed by atoms with Gasteiger partial charge in [-0.3, -0.25) is 0 Å². The Bertz CT molecular complexity index is 868. The van der Waals surface area contributed by atoms with Gasteiger partial charge in [-0.05, 0) is 23.8 Å². The average molecular weight is 325 g/mol. The minimum atomic E-state index is -0.731. The third kappa shape index (κ3) is 3.35. The van der Waals surface area contributed by atoms with Crippen molar-refractivity contribution < 1.29 is 19.4 Å². The molecule has 1 aromatic heterocycles. The van der Waals surface area contributed by atoms with Crippen molar-refractivity contribution in [3.8, 4) is 17.4 Å². The zero-order chi connectivity index (χ0) is 16.9. The first-order valence-electron chi connectivity index (χ1n) is 7.20. The molecule has 0 fully saturated rings.